The van der Waals surface area contributed by atoms with Gasteiger partial charge < -0.3 is 5.32 Å². The number of carbonyl (C=O) groups is 1. The molecule has 0 radical (unpaired) electrons. The number of benzene rings is 2. The highest BCUT2D eigenvalue weighted by Gasteiger charge is 2.31. The monoisotopic (exact) mass is 441 g/mol. The molecule has 7 nitrogen and oxygen atoms in total. The van der Waals surface area contributed by atoms with Crippen LogP contribution < -0.4 is 10.9 Å². The van der Waals surface area contributed by atoms with Crippen LogP contribution in [0, 0.1) is 0 Å². The van der Waals surface area contributed by atoms with Crippen LogP contribution in [0.5, 0.6) is 0 Å². The van der Waals surface area contributed by atoms with Crippen LogP contribution in [0.25, 0.3) is 16.5 Å². The lowest BCUT2D eigenvalue weighted by atomic mass is 10.1. The number of halogens is 3. The van der Waals surface area contributed by atoms with E-state index in [1.807, 2.05) is 0 Å². The summed E-state index contributed by atoms with van der Waals surface area (Å²) in [4.78, 5) is 25.9. The molecule has 2 heterocycles. The van der Waals surface area contributed by atoms with Gasteiger partial charge in [-0.3, -0.25) is 9.59 Å². The van der Waals surface area contributed by atoms with Gasteiger partial charge >= 0.3 is 6.18 Å². The molecule has 0 aliphatic rings. The molecule has 4 aromatic rings. The number of amides is 1. The van der Waals surface area contributed by atoms with Crippen LogP contribution in [0.4, 0.5) is 18.9 Å². The van der Waals surface area contributed by atoms with Gasteiger partial charge in [0.1, 0.15) is 0 Å². The molecule has 0 aliphatic heterocycles. The quantitative estimate of drug-likeness (QED) is 0.508. The molecule has 0 unspecified atom stereocenters. The summed E-state index contributed by atoms with van der Waals surface area (Å²) in [6.07, 6.45) is -1.58. The maximum atomic E-state index is 13.3. The van der Waals surface area contributed by atoms with E-state index in [0.29, 0.717) is 5.39 Å². The minimum absolute atomic E-state index is 0.0715. The predicted molar refractivity (Wildman–Crippen MR) is 113 cm³/mol. The lowest BCUT2D eigenvalue weighted by Gasteiger charge is -2.16. The lowest BCUT2D eigenvalue weighted by Crippen LogP contribution is -2.29. The molecule has 0 saturated carbocycles. The van der Waals surface area contributed by atoms with Crippen molar-refractivity contribution in [3.8, 4) is 5.69 Å². The van der Waals surface area contributed by atoms with E-state index in [0.717, 1.165) is 12.1 Å². The Kier molecular flexibility index (Phi) is 5.29. The van der Waals surface area contributed by atoms with Crippen molar-refractivity contribution in [1.82, 2.24) is 19.6 Å². The summed E-state index contributed by atoms with van der Waals surface area (Å²) in [6.45, 7) is 3.49. The third kappa shape index (κ3) is 3.86. The van der Waals surface area contributed by atoms with Crippen LogP contribution in [-0.2, 0) is 6.18 Å². The molecule has 32 heavy (non-hydrogen) atoms. The number of nitrogens with one attached hydrogen (secondary N) is 1. The topological polar surface area (TPSA) is 81.8 Å². The molecule has 4 rings (SSSR count). The first kappa shape index (κ1) is 21.3. The second-order valence-electron chi connectivity index (χ2n) is 7.37. The second-order valence-corrected chi connectivity index (χ2v) is 7.37. The maximum absolute atomic E-state index is 13.3. The van der Waals surface area contributed by atoms with E-state index in [4.69, 9.17) is 0 Å². The van der Waals surface area contributed by atoms with Crippen molar-refractivity contribution in [2.75, 3.05) is 5.32 Å². The van der Waals surface area contributed by atoms with Crippen LogP contribution in [0.15, 0.2) is 65.7 Å². The molecule has 2 aromatic carbocycles. The number of rotatable bonds is 4. The van der Waals surface area contributed by atoms with E-state index in [2.05, 4.69) is 15.5 Å². The van der Waals surface area contributed by atoms with Gasteiger partial charge in [0.2, 0.25) is 0 Å². The zero-order valence-electron chi connectivity index (χ0n) is 17.1. The van der Waals surface area contributed by atoms with Crippen molar-refractivity contribution < 1.29 is 18.0 Å². The Hall–Kier alpha value is -3.95. The molecular weight excluding hydrogens is 423 g/mol. The summed E-state index contributed by atoms with van der Waals surface area (Å²) in [6, 6.07) is 10.7. The maximum Gasteiger partial charge on any atom is 0.416 e. The number of aromatic nitrogens is 4. The predicted octanol–water partition coefficient (Wildman–Crippen LogP) is 4.43. The van der Waals surface area contributed by atoms with Crippen LogP contribution in [0.3, 0.4) is 0 Å². The zero-order chi connectivity index (χ0) is 23.0. The van der Waals surface area contributed by atoms with E-state index in [1.54, 1.807) is 50.4 Å². The fourth-order valence-corrected chi connectivity index (χ4v) is 3.33. The molecule has 164 valence electrons. The molecular formula is C22H18F3N5O2. The zero-order valence-corrected chi connectivity index (χ0v) is 17.1. The van der Waals surface area contributed by atoms with E-state index >= 15 is 0 Å². The lowest BCUT2D eigenvalue weighted by molar-refractivity contribution is -0.137. The van der Waals surface area contributed by atoms with Crippen LogP contribution in [-0.4, -0.2) is 25.5 Å². The Balaban J connectivity index is 1.85. The van der Waals surface area contributed by atoms with Crippen LogP contribution in [0.1, 0.15) is 35.9 Å². The highest BCUT2D eigenvalue weighted by molar-refractivity contribution is 6.11. The van der Waals surface area contributed by atoms with E-state index in [-0.39, 0.29) is 34.1 Å². The van der Waals surface area contributed by atoms with Gasteiger partial charge in [0.25, 0.3) is 11.5 Å². The Morgan fingerprint density at radius 1 is 1.06 bits per heavy atom. The number of anilines is 1. The van der Waals surface area contributed by atoms with Crippen molar-refractivity contribution in [3.63, 3.8) is 0 Å². The smallest absolute Gasteiger partial charge is 0.319 e. The molecule has 10 heteroatoms. The van der Waals surface area contributed by atoms with Gasteiger partial charge in [-0.2, -0.15) is 23.4 Å². The van der Waals surface area contributed by atoms with E-state index in [1.165, 1.54) is 21.6 Å². The van der Waals surface area contributed by atoms with Crippen LogP contribution >= 0.6 is 0 Å². The number of hydrogen-bond acceptors (Lipinski definition) is 4. The van der Waals surface area contributed by atoms with Crippen molar-refractivity contribution in [2.45, 2.75) is 26.1 Å². The van der Waals surface area contributed by atoms with Gasteiger partial charge in [-0.25, -0.2) is 9.36 Å². The molecule has 1 amide bonds. The number of hydrogen-bond donors (Lipinski definition) is 1. The first-order valence-corrected chi connectivity index (χ1v) is 9.71. The summed E-state index contributed by atoms with van der Waals surface area (Å²) >= 11 is 0. The van der Waals surface area contributed by atoms with Crippen LogP contribution in [0.2, 0.25) is 0 Å². The molecule has 0 spiro atoms. The minimum Gasteiger partial charge on any atom is -0.319 e. The second kappa shape index (κ2) is 7.95. The van der Waals surface area contributed by atoms with Gasteiger partial charge in [-0.15, -0.1) is 0 Å². The van der Waals surface area contributed by atoms with Gasteiger partial charge in [0.05, 0.1) is 28.4 Å². The van der Waals surface area contributed by atoms with Gasteiger partial charge in [0, 0.05) is 17.8 Å². The summed E-state index contributed by atoms with van der Waals surface area (Å²) in [7, 11) is 0. The van der Waals surface area contributed by atoms with E-state index < -0.39 is 17.6 Å². The number of alkyl halides is 3. The molecule has 0 fully saturated rings. The molecule has 0 bridgehead atoms. The van der Waals surface area contributed by atoms with Crippen molar-refractivity contribution in [2.24, 2.45) is 0 Å². The van der Waals surface area contributed by atoms with Gasteiger partial charge in [0.15, 0.2) is 5.69 Å². The summed E-state index contributed by atoms with van der Waals surface area (Å²) < 4.78 is 42.5. The molecule has 0 atom stereocenters. The minimum atomic E-state index is -4.60. The van der Waals surface area contributed by atoms with Crippen molar-refractivity contribution in [1.29, 1.82) is 0 Å². The Morgan fingerprint density at radius 2 is 1.78 bits per heavy atom. The van der Waals surface area contributed by atoms with Gasteiger partial charge in [-0.1, -0.05) is 18.2 Å². The summed E-state index contributed by atoms with van der Waals surface area (Å²) in [5.74, 6) is -0.747. The fraction of sp³-hybridized carbons (Fsp3) is 0.182. The number of fused-ring (bicyclic) bond motifs is 1. The normalized spacial score (nSPS) is 11.8. The molecule has 1 N–H and O–H groups in total. The summed E-state index contributed by atoms with van der Waals surface area (Å²) in [5, 5.41) is 11.4. The SMILES string of the molecule is CC(C)n1nc(C(=O)Nc2cc(C(F)(F)F)ccc2-n2cccn2)c2ccccc2c1=O. The third-order valence-corrected chi connectivity index (χ3v) is 4.86. The summed E-state index contributed by atoms with van der Waals surface area (Å²) in [5.41, 5.74) is -1.20. The number of carbonyl (C=O) groups excluding carboxylic acids is 1. The molecule has 0 aliphatic carbocycles. The van der Waals surface area contributed by atoms with E-state index in [9.17, 15) is 22.8 Å². The van der Waals surface area contributed by atoms with Crippen molar-refractivity contribution in [3.05, 3.63) is 82.5 Å². The highest BCUT2D eigenvalue weighted by Crippen LogP contribution is 2.33. The Labute approximate surface area is 180 Å². The van der Waals surface area contributed by atoms with Gasteiger partial charge in [-0.05, 0) is 44.2 Å². The first-order valence-electron chi connectivity index (χ1n) is 9.71. The standard InChI is InChI=1S/C22H18F3N5O2/c1-13(2)30-21(32)16-7-4-3-6-15(16)19(28-30)20(31)27-17-12-14(22(23,24)25)8-9-18(17)29-11-5-10-26-29/h3-13H,1-2H3,(H,27,31). The Morgan fingerprint density at radius 3 is 2.41 bits per heavy atom. The highest BCUT2D eigenvalue weighted by atomic mass is 19.4. The average molecular weight is 441 g/mol. The molecule has 2 aromatic heterocycles. The average Bonchev–Trinajstić information content (AvgIpc) is 3.28. The third-order valence-electron chi connectivity index (χ3n) is 4.86. The Bertz CT molecular complexity index is 1360. The van der Waals surface area contributed by atoms with Crippen molar-refractivity contribution >= 4 is 22.4 Å². The molecule has 0 saturated heterocycles. The fourth-order valence-electron chi connectivity index (χ4n) is 3.33. The largest absolute Gasteiger partial charge is 0.416 e. The number of nitrogens with zero attached hydrogens (tertiary/aromatic N) is 4. The first-order chi connectivity index (χ1) is 15.2.